The fraction of sp³-hybridized carbons (Fsp3) is 0.182. The third kappa shape index (κ3) is 4.22. The standard InChI is InChI=1S/C22H23N7O/c1-14-2-4-15(5-3-14)8-9-25-19(30)13-29-11-10-26-22(29)21-27-17-7-6-16(20(23)24)12-18(17)28-21/h2-7,10-12H,8-9,13H2,1H3,(H3,23,24)(H,25,30)(H,27,28). The molecule has 0 radical (unpaired) electrons. The van der Waals surface area contributed by atoms with Crippen LogP contribution < -0.4 is 11.1 Å². The van der Waals surface area contributed by atoms with Gasteiger partial charge in [-0.2, -0.15) is 0 Å². The number of nitrogens with zero attached hydrogens (tertiary/aromatic N) is 3. The van der Waals surface area contributed by atoms with Crippen LogP contribution in [0, 0.1) is 12.3 Å². The third-order valence-electron chi connectivity index (χ3n) is 4.89. The molecule has 0 saturated carbocycles. The van der Waals surface area contributed by atoms with Crippen molar-refractivity contribution in [2.45, 2.75) is 19.9 Å². The summed E-state index contributed by atoms with van der Waals surface area (Å²) in [5.41, 5.74) is 10.1. The van der Waals surface area contributed by atoms with E-state index in [4.69, 9.17) is 11.1 Å². The monoisotopic (exact) mass is 401 g/mol. The normalized spacial score (nSPS) is 11.0. The van der Waals surface area contributed by atoms with Gasteiger partial charge in [-0.05, 0) is 37.1 Å². The molecule has 2 heterocycles. The number of hydrogen-bond donors (Lipinski definition) is 4. The molecule has 0 fully saturated rings. The van der Waals surface area contributed by atoms with Gasteiger partial charge in [-0.25, -0.2) is 9.97 Å². The van der Waals surface area contributed by atoms with E-state index in [2.05, 4.69) is 51.5 Å². The lowest BCUT2D eigenvalue weighted by atomic mass is 10.1. The summed E-state index contributed by atoms with van der Waals surface area (Å²) in [6, 6.07) is 13.6. The Kier molecular flexibility index (Phi) is 5.30. The van der Waals surface area contributed by atoms with Crippen molar-refractivity contribution in [1.82, 2.24) is 24.8 Å². The van der Waals surface area contributed by atoms with Gasteiger partial charge in [0.2, 0.25) is 5.91 Å². The van der Waals surface area contributed by atoms with Gasteiger partial charge in [-0.15, -0.1) is 0 Å². The topological polar surface area (TPSA) is 125 Å². The van der Waals surface area contributed by atoms with Crippen LogP contribution in [0.15, 0.2) is 54.9 Å². The van der Waals surface area contributed by atoms with E-state index >= 15 is 0 Å². The van der Waals surface area contributed by atoms with Gasteiger partial charge in [0.1, 0.15) is 12.4 Å². The first-order valence-corrected chi connectivity index (χ1v) is 9.67. The number of H-pyrrole nitrogens is 1. The second-order valence-electron chi connectivity index (χ2n) is 7.20. The lowest BCUT2D eigenvalue weighted by Crippen LogP contribution is -2.29. The maximum absolute atomic E-state index is 12.4. The Morgan fingerprint density at radius 1 is 1.23 bits per heavy atom. The molecule has 30 heavy (non-hydrogen) atoms. The second-order valence-corrected chi connectivity index (χ2v) is 7.20. The zero-order chi connectivity index (χ0) is 21.1. The highest BCUT2D eigenvalue weighted by Crippen LogP contribution is 2.20. The van der Waals surface area contributed by atoms with Crippen molar-refractivity contribution in [3.05, 3.63) is 71.5 Å². The molecular weight excluding hydrogens is 378 g/mol. The highest BCUT2D eigenvalue weighted by Gasteiger charge is 2.14. The average Bonchev–Trinajstić information content (AvgIpc) is 3.35. The van der Waals surface area contributed by atoms with Crippen LogP contribution in [0.2, 0.25) is 0 Å². The van der Waals surface area contributed by atoms with Gasteiger partial charge >= 0.3 is 0 Å². The van der Waals surface area contributed by atoms with E-state index in [-0.39, 0.29) is 18.3 Å². The molecule has 152 valence electrons. The van der Waals surface area contributed by atoms with Gasteiger partial charge in [0.25, 0.3) is 0 Å². The molecule has 1 amide bonds. The molecular formula is C22H23N7O. The summed E-state index contributed by atoms with van der Waals surface area (Å²) in [5.74, 6) is 1.04. The van der Waals surface area contributed by atoms with Crippen LogP contribution in [0.3, 0.4) is 0 Å². The predicted octanol–water partition coefficient (Wildman–Crippen LogP) is 2.38. The molecule has 0 atom stereocenters. The molecule has 0 spiro atoms. The predicted molar refractivity (Wildman–Crippen MR) is 116 cm³/mol. The summed E-state index contributed by atoms with van der Waals surface area (Å²) in [4.78, 5) is 24.5. The summed E-state index contributed by atoms with van der Waals surface area (Å²) in [5, 5.41) is 10.5. The average molecular weight is 401 g/mol. The van der Waals surface area contributed by atoms with Gasteiger partial charge in [0, 0.05) is 24.5 Å². The van der Waals surface area contributed by atoms with E-state index in [0.29, 0.717) is 29.3 Å². The number of carbonyl (C=O) groups is 1. The van der Waals surface area contributed by atoms with E-state index in [1.807, 2.05) is 6.07 Å². The Labute approximate surface area is 173 Å². The number of nitrogens with one attached hydrogen (secondary N) is 3. The SMILES string of the molecule is Cc1ccc(CCNC(=O)Cn2ccnc2-c2nc3cc(C(=N)N)ccc3[nH]2)cc1. The fourth-order valence-electron chi connectivity index (χ4n) is 3.24. The zero-order valence-corrected chi connectivity index (χ0v) is 16.6. The highest BCUT2D eigenvalue weighted by molar-refractivity contribution is 5.98. The summed E-state index contributed by atoms with van der Waals surface area (Å²) in [6.45, 7) is 2.78. The number of hydrogen-bond acceptors (Lipinski definition) is 4. The number of amides is 1. The number of aromatic amines is 1. The van der Waals surface area contributed by atoms with Crippen molar-refractivity contribution in [3.63, 3.8) is 0 Å². The Morgan fingerprint density at radius 3 is 2.80 bits per heavy atom. The van der Waals surface area contributed by atoms with Gasteiger partial charge in [0.15, 0.2) is 11.6 Å². The molecule has 4 aromatic rings. The Balaban J connectivity index is 1.42. The Bertz CT molecular complexity index is 1200. The number of nitrogens with two attached hydrogens (primary N) is 1. The Morgan fingerprint density at radius 2 is 2.03 bits per heavy atom. The molecule has 2 aromatic carbocycles. The minimum absolute atomic E-state index is 0.00902. The number of benzene rings is 2. The fourth-order valence-corrected chi connectivity index (χ4v) is 3.24. The second kappa shape index (κ2) is 8.20. The molecule has 5 N–H and O–H groups in total. The lowest BCUT2D eigenvalue weighted by molar-refractivity contribution is -0.121. The number of fused-ring (bicyclic) bond motifs is 1. The summed E-state index contributed by atoms with van der Waals surface area (Å²) in [6.07, 6.45) is 4.18. The maximum Gasteiger partial charge on any atom is 0.240 e. The van der Waals surface area contributed by atoms with E-state index in [9.17, 15) is 4.79 Å². The van der Waals surface area contributed by atoms with Crippen molar-refractivity contribution in [1.29, 1.82) is 5.41 Å². The van der Waals surface area contributed by atoms with Gasteiger partial charge in [-0.1, -0.05) is 29.8 Å². The first-order chi connectivity index (χ1) is 14.5. The van der Waals surface area contributed by atoms with E-state index < -0.39 is 0 Å². The summed E-state index contributed by atoms with van der Waals surface area (Å²) >= 11 is 0. The minimum Gasteiger partial charge on any atom is -0.384 e. The van der Waals surface area contributed by atoms with Crippen LogP contribution in [0.4, 0.5) is 0 Å². The number of nitrogen functional groups attached to an aromatic ring is 1. The summed E-state index contributed by atoms with van der Waals surface area (Å²) < 4.78 is 1.75. The van der Waals surface area contributed by atoms with Crippen molar-refractivity contribution >= 4 is 22.8 Å². The van der Waals surface area contributed by atoms with Crippen molar-refractivity contribution in [2.24, 2.45) is 5.73 Å². The van der Waals surface area contributed by atoms with Crippen molar-refractivity contribution in [2.75, 3.05) is 6.54 Å². The minimum atomic E-state index is -0.0867. The molecule has 0 aliphatic heterocycles. The van der Waals surface area contributed by atoms with E-state index in [1.165, 1.54) is 11.1 Å². The first-order valence-electron chi connectivity index (χ1n) is 9.67. The van der Waals surface area contributed by atoms with Crippen LogP contribution in [-0.2, 0) is 17.8 Å². The number of aromatic nitrogens is 4. The molecule has 0 unspecified atom stereocenters. The lowest BCUT2D eigenvalue weighted by Gasteiger charge is -2.08. The molecule has 8 nitrogen and oxygen atoms in total. The van der Waals surface area contributed by atoms with Gasteiger partial charge < -0.3 is 20.6 Å². The van der Waals surface area contributed by atoms with Crippen molar-refractivity contribution < 1.29 is 4.79 Å². The number of aryl methyl sites for hydroxylation is 1. The van der Waals surface area contributed by atoms with Crippen LogP contribution in [-0.4, -0.2) is 37.8 Å². The smallest absolute Gasteiger partial charge is 0.240 e. The largest absolute Gasteiger partial charge is 0.384 e. The van der Waals surface area contributed by atoms with Crippen LogP contribution in [0.25, 0.3) is 22.7 Å². The first kappa shape index (κ1) is 19.4. The van der Waals surface area contributed by atoms with Gasteiger partial charge in [-0.3, -0.25) is 10.2 Å². The molecule has 4 rings (SSSR count). The number of amidine groups is 1. The van der Waals surface area contributed by atoms with Crippen LogP contribution in [0.5, 0.6) is 0 Å². The molecule has 0 aliphatic carbocycles. The zero-order valence-electron chi connectivity index (χ0n) is 16.6. The van der Waals surface area contributed by atoms with Crippen LogP contribution in [0.1, 0.15) is 16.7 Å². The number of rotatable bonds is 7. The quantitative estimate of drug-likeness (QED) is 0.280. The maximum atomic E-state index is 12.4. The molecule has 8 heteroatoms. The van der Waals surface area contributed by atoms with E-state index in [0.717, 1.165) is 11.9 Å². The van der Waals surface area contributed by atoms with E-state index in [1.54, 1.807) is 29.1 Å². The van der Waals surface area contributed by atoms with Crippen LogP contribution >= 0.6 is 0 Å². The molecule has 0 bridgehead atoms. The van der Waals surface area contributed by atoms with Crippen molar-refractivity contribution in [3.8, 4) is 11.6 Å². The molecule has 0 saturated heterocycles. The molecule has 2 aromatic heterocycles. The molecule has 0 aliphatic rings. The summed E-state index contributed by atoms with van der Waals surface area (Å²) in [7, 11) is 0. The Hall–Kier alpha value is -3.94. The number of imidazole rings is 2. The highest BCUT2D eigenvalue weighted by atomic mass is 16.1. The number of carbonyl (C=O) groups excluding carboxylic acids is 1. The van der Waals surface area contributed by atoms with Gasteiger partial charge in [0.05, 0.1) is 11.0 Å². The third-order valence-corrected chi connectivity index (χ3v) is 4.89.